The molecule has 6 nitrogen and oxygen atoms in total. The maximum atomic E-state index is 13.2. The number of anilines is 1. The van der Waals surface area contributed by atoms with Gasteiger partial charge < -0.3 is 9.47 Å². The standard InChI is InChI=1S/C27H36N4O2S/c1-29-17-15-22(16-18-29)27-28-25-19-23(30(2)34(32,33)24-11-7-4-8-12-24)13-14-26(25)31(27)20-21-9-5-3-6-10-21/h4,7-8,11-14,19,21-22H,3,5-6,9-10,15-18,20H2,1-2H3. The molecule has 2 aromatic carbocycles. The largest absolute Gasteiger partial charge is 0.327 e. The number of imidazole rings is 1. The minimum Gasteiger partial charge on any atom is -0.327 e. The van der Waals surface area contributed by atoms with Gasteiger partial charge in [0.05, 0.1) is 21.6 Å². The quantitative estimate of drug-likeness (QED) is 0.483. The monoisotopic (exact) mass is 480 g/mol. The first-order valence-corrected chi connectivity index (χ1v) is 14.1. The summed E-state index contributed by atoms with van der Waals surface area (Å²) in [5, 5.41) is 0. The summed E-state index contributed by atoms with van der Waals surface area (Å²) in [6.45, 7) is 3.22. The van der Waals surface area contributed by atoms with Gasteiger partial charge in [-0.05, 0) is 82.1 Å². The van der Waals surface area contributed by atoms with E-state index in [0.29, 0.717) is 22.4 Å². The van der Waals surface area contributed by atoms with Crippen molar-refractivity contribution < 1.29 is 8.42 Å². The lowest BCUT2D eigenvalue weighted by Crippen LogP contribution is -2.30. The summed E-state index contributed by atoms with van der Waals surface area (Å²) >= 11 is 0. The first-order valence-electron chi connectivity index (χ1n) is 12.7. The number of benzene rings is 2. The van der Waals surface area contributed by atoms with Crippen LogP contribution in [0.5, 0.6) is 0 Å². The summed E-state index contributed by atoms with van der Waals surface area (Å²) in [5.74, 6) is 2.36. The van der Waals surface area contributed by atoms with Crippen molar-refractivity contribution >= 4 is 26.7 Å². The van der Waals surface area contributed by atoms with Gasteiger partial charge >= 0.3 is 0 Å². The maximum Gasteiger partial charge on any atom is 0.264 e. The molecular weight excluding hydrogens is 444 g/mol. The van der Waals surface area contributed by atoms with Crippen molar-refractivity contribution in [1.82, 2.24) is 14.5 Å². The molecule has 2 heterocycles. The van der Waals surface area contributed by atoms with Gasteiger partial charge in [0.15, 0.2) is 0 Å². The molecule has 34 heavy (non-hydrogen) atoms. The van der Waals surface area contributed by atoms with Gasteiger partial charge in [0.2, 0.25) is 0 Å². The van der Waals surface area contributed by atoms with Crippen molar-refractivity contribution in [2.75, 3.05) is 31.5 Å². The zero-order valence-corrected chi connectivity index (χ0v) is 21.2. The summed E-state index contributed by atoms with van der Waals surface area (Å²) in [5.41, 5.74) is 2.68. The van der Waals surface area contributed by atoms with Crippen LogP contribution in [0.2, 0.25) is 0 Å². The van der Waals surface area contributed by atoms with Crippen LogP contribution in [0.25, 0.3) is 11.0 Å². The number of hydrogen-bond donors (Lipinski definition) is 0. The number of aromatic nitrogens is 2. The van der Waals surface area contributed by atoms with Crippen LogP contribution in [0.4, 0.5) is 5.69 Å². The average Bonchev–Trinajstić information content (AvgIpc) is 3.22. The van der Waals surface area contributed by atoms with Gasteiger partial charge in [-0.25, -0.2) is 13.4 Å². The molecule has 0 amide bonds. The molecule has 3 aromatic rings. The van der Waals surface area contributed by atoms with Crippen molar-refractivity contribution in [3.05, 3.63) is 54.4 Å². The SMILES string of the molecule is CN1CCC(c2nc3cc(N(C)S(=O)(=O)c4ccccc4)ccc3n2CC2CCCCC2)CC1. The van der Waals surface area contributed by atoms with Crippen LogP contribution in [-0.4, -0.2) is 50.1 Å². The Morgan fingerprint density at radius 3 is 2.38 bits per heavy atom. The van der Waals surface area contributed by atoms with Gasteiger partial charge in [-0.2, -0.15) is 0 Å². The molecule has 1 saturated heterocycles. The van der Waals surface area contributed by atoms with E-state index >= 15 is 0 Å². The van der Waals surface area contributed by atoms with Crippen molar-refractivity contribution in [1.29, 1.82) is 0 Å². The van der Waals surface area contributed by atoms with Crippen LogP contribution in [0.15, 0.2) is 53.4 Å². The summed E-state index contributed by atoms with van der Waals surface area (Å²) in [7, 11) is 0.196. The fourth-order valence-electron chi connectivity index (χ4n) is 5.62. The lowest BCUT2D eigenvalue weighted by atomic mass is 9.89. The third kappa shape index (κ3) is 4.60. The van der Waals surface area contributed by atoms with Crippen molar-refractivity contribution in [2.45, 2.75) is 62.3 Å². The van der Waals surface area contributed by atoms with E-state index in [0.717, 1.165) is 43.5 Å². The molecule has 0 bridgehead atoms. The normalized spacial score (nSPS) is 19.0. The fraction of sp³-hybridized carbons (Fsp3) is 0.519. The number of fused-ring (bicyclic) bond motifs is 1. The second-order valence-electron chi connectivity index (χ2n) is 10.1. The second-order valence-corrected chi connectivity index (χ2v) is 12.1. The Morgan fingerprint density at radius 2 is 1.68 bits per heavy atom. The molecule has 0 spiro atoms. The highest BCUT2D eigenvalue weighted by Gasteiger charge is 2.27. The Labute approximate surface area is 203 Å². The smallest absolute Gasteiger partial charge is 0.264 e. The molecule has 1 aromatic heterocycles. The van der Waals surface area contributed by atoms with E-state index in [2.05, 4.69) is 22.6 Å². The van der Waals surface area contributed by atoms with Crippen molar-refractivity contribution in [3.63, 3.8) is 0 Å². The second kappa shape index (κ2) is 9.70. The van der Waals surface area contributed by atoms with E-state index in [1.165, 1.54) is 42.2 Å². The van der Waals surface area contributed by atoms with Gasteiger partial charge in [0, 0.05) is 19.5 Å². The Kier molecular flexibility index (Phi) is 6.67. The van der Waals surface area contributed by atoms with E-state index in [1.807, 2.05) is 18.2 Å². The number of nitrogens with zero attached hydrogens (tertiary/aromatic N) is 4. The van der Waals surface area contributed by atoms with Crippen molar-refractivity contribution in [3.8, 4) is 0 Å². The molecule has 2 fully saturated rings. The molecule has 1 saturated carbocycles. The average molecular weight is 481 g/mol. The molecule has 1 aliphatic heterocycles. The Balaban J connectivity index is 1.51. The number of likely N-dealkylation sites (tertiary alicyclic amines) is 1. The van der Waals surface area contributed by atoms with Crippen LogP contribution < -0.4 is 4.31 Å². The minimum atomic E-state index is -3.62. The molecule has 0 atom stereocenters. The lowest BCUT2D eigenvalue weighted by Gasteiger charge is -2.30. The first kappa shape index (κ1) is 23.4. The maximum absolute atomic E-state index is 13.2. The number of rotatable bonds is 6. The van der Waals surface area contributed by atoms with Crippen LogP contribution in [-0.2, 0) is 16.6 Å². The van der Waals surface area contributed by atoms with Gasteiger partial charge in [0.1, 0.15) is 5.82 Å². The number of hydrogen-bond acceptors (Lipinski definition) is 4. The predicted octanol–water partition coefficient (Wildman–Crippen LogP) is 5.25. The summed E-state index contributed by atoms with van der Waals surface area (Å²) in [6, 6.07) is 14.6. The van der Waals surface area contributed by atoms with Gasteiger partial charge in [-0.15, -0.1) is 0 Å². The Hall–Kier alpha value is -2.38. The van der Waals surface area contributed by atoms with E-state index in [-0.39, 0.29) is 0 Å². The molecule has 2 aliphatic rings. The molecule has 1 aliphatic carbocycles. The number of piperidine rings is 1. The number of sulfonamides is 1. The van der Waals surface area contributed by atoms with E-state index in [9.17, 15) is 8.42 Å². The zero-order valence-electron chi connectivity index (χ0n) is 20.4. The fourth-order valence-corrected chi connectivity index (χ4v) is 6.83. The van der Waals surface area contributed by atoms with E-state index in [1.54, 1.807) is 31.3 Å². The molecule has 5 rings (SSSR count). The topological polar surface area (TPSA) is 58.4 Å². The predicted molar refractivity (Wildman–Crippen MR) is 138 cm³/mol. The summed E-state index contributed by atoms with van der Waals surface area (Å²) < 4.78 is 30.2. The van der Waals surface area contributed by atoms with Gasteiger partial charge in [-0.1, -0.05) is 37.5 Å². The first-order chi connectivity index (χ1) is 16.4. The highest BCUT2D eigenvalue weighted by molar-refractivity contribution is 7.92. The third-order valence-electron chi connectivity index (χ3n) is 7.78. The summed E-state index contributed by atoms with van der Waals surface area (Å²) in [6.07, 6.45) is 8.85. The molecule has 0 radical (unpaired) electrons. The van der Waals surface area contributed by atoms with Crippen molar-refractivity contribution in [2.24, 2.45) is 5.92 Å². The molecular formula is C27H36N4O2S. The molecule has 0 unspecified atom stereocenters. The van der Waals surface area contributed by atoms with Crippen LogP contribution >= 0.6 is 0 Å². The Bertz CT molecular complexity index is 1220. The minimum absolute atomic E-state index is 0.299. The van der Waals surface area contributed by atoms with Crippen LogP contribution in [0, 0.1) is 5.92 Å². The molecule has 182 valence electrons. The highest BCUT2D eigenvalue weighted by Crippen LogP contribution is 2.34. The van der Waals surface area contributed by atoms with Gasteiger partial charge in [-0.3, -0.25) is 4.31 Å². The van der Waals surface area contributed by atoms with Crippen LogP contribution in [0.3, 0.4) is 0 Å². The zero-order chi connectivity index (χ0) is 23.7. The van der Waals surface area contributed by atoms with E-state index < -0.39 is 10.0 Å². The third-order valence-corrected chi connectivity index (χ3v) is 9.58. The Morgan fingerprint density at radius 1 is 0.971 bits per heavy atom. The lowest BCUT2D eigenvalue weighted by molar-refractivity contribution is 0.245. The molecule has 0 N–H and O–H groups in total. The molecule has 7 heteroatoms. The highest BCUT2D eigenvalue weighted by atomic mass is 32.2. The van der Waals surface area contributed by atoms with E-state index in [4.69, 9.17) is 4.98 Å². The van der Waals surface area contributed by atoms with Crippen LogP contribution in [0.1, 0.15) is 56.7 Å². The summed E-state index contributed by atoms with van der Waals surface area (Å²) in [4.78, 5) is 7.84. The van der Waals surface area contributed by atoms with Gasteiger partial charge in [0.25, 0.3) is 10.0 Å².